The molecule has 1 fully saturated rings. The van der Waals surface area contributed by atoms with E-state index in [0.717, 1.165) is 17.9 Å². The Hall–Kier alpha value is -1.32. The van der Waals surface area contributed by atoms with E-state index < -0.39 is 0 Å². The monoisotopic (exact) mass is 208 g/mol. The molecule has 1 N–H and O–H groups in total. The lowest BCUT2D eigenvalue weighted by Crippen LogP contribution is -2.26. The van der Waals surface area contributed by atoms with Gasteiger partial charge in [0.1, 0.15) is 11.5 Å². The van der Waals surface area contributed by atoms with Crippen LogP contribution in [0.15, 0.2) is 10.6 Å². The number of amides is 1. The highest BCUT2D eigenvalue weighted by atomic mass is 16.5. The molecular weight excluding hydrogens is 192 g/mol. The molecule has 4 nitrogen and oxygen atoms in total. The topological polar surface area (TPSA) is 55.1 Å². The van der Waals surface area contributed by atoms with Gasteiger partial charge in [0.05, 0.1) is 6.54 Å². The summed E-state index contributed by atoms with van der Waals surface area (Å²) < 4.78 is 4.91. The molecule has 1 atom stereocenters. The third-order valence-corrected chi connectivity index (χ3v) is 2.95. The van der Waals surface area contributed by atoms with Gasteiger partial charge in [-0.15, -0.1) is 0 Å². The molecule has 0 radical (unpaired) electrons. The van der Waals surface area contributed by atoms with Gasteiger partial charge in [-0.3, -0.25) is 4.79 Å². The number of nitrogens with one attached hydrogen (secondary N) is 1. The van der Waals surface area contributed by atoms with Gasteiger partial charge in [-0.1, -0.05) is 19.0 Å². The fourth-order valence-electron chi connectivity index (χ4n) is 1.72. The van der Waals surface area contributed by atoms with E-state index in [-0.39, 0.29) is 17.2 Å². The average Bonchev–Trinajstić information content (AvgIpc) is 2.59. The van der Waals surface area contributed by atoms with Crippen molar-refractivity contribution in [2.75, 3.05) is 0 Å². The summed E-state index contributed by atoms with van der Waals surface area (Å²) in [6, 6.07) is 1.83. The van der Waals surface area contributed by atoms with E-state index in [9.17, 15) is 4.79 Å². The van der Waals surface area contributed by atoms with Crippen LogP contribution in [0.3, 0.4) is 0 Å². The molecule has 0 aromatic carbocycles. The molecule has 15 heavy (non-hydrogen) atoms. The maximum atomic E-state index is 11.6. The first kappa shape index (κ1) is 10.2. The van der Waals surface area contributed by atoms with Crippen molar-refractivity contribution >= 4 is 5.91 Å². The van der Waals surface area contributed by atoms with Crippen LogP contribution in [0.5, 0.6) is 0 Å². The van der Waals surface area contributed by atoms with Gasteiger partial charge in [0, 0.05) is 12.0 Å². The van der Waals surface area contributed by atoms with Gasteiger partial charge in [0.25, 0.3) is 0 Å². The zero-order valence-electron chi connectivity index (χ0n) is 9.33. The Bertz CT molecular complexity index is 382. The maximum absolute atomic E-state index is 11.6. The molecule has 1 aliphatic carbocycles. The van der Waals surface area contributed by atoms with Gasteiger partial charge in [0.15, 0.2) is 0 Å². The summed E-state index contributed by atoms with van der Waals surface area (Å²) in [4.78, 5) is 11.6. The van der Waals surface area contributed by atoms with Crippen LogP contribution >= 0.6 is 0 Å². The minimum Gasteiger partial charge on any atom is -0.361 e. The number of aromatic nitrogens is 1. The normalized spacial score (nSPS) is 22.5. The van der Waals surface area contributed by atoms with E-state index in [1.807, 2.05) is 13.0 Å². The second kappa shape index (κ2) is 3.36. The van der Waals surface area contributed by atoms with Gasteiger partial charge in [-0.05, 0) is 18.8 Å². The highest BCUT2D eigenvalue weighted by molar-refractivity contribution is 5.82. The number of nitrogens with zero attached hydrogens (tertiary/aromatic N) is 1. The quantitative estimate of drug-likeness (QED) is 0.821. The van der Waals surface area contributed by atoms with E-state index in [0.29, 0.717) is 6.54 Å². The molecule has 82 valence electrons. The molecule has 2 rings (SSSR count). The van der Waals surface area contributed by atoms with Gasteiger partial charge < -0.3 is 9.84 Å². The van der Waals surface area contributed by atoms with Gasteiger partial charge in [-0.25, -0.2) is 0 Å². The Morgan fingerprint density at radius 2 is 2.40 bits per heavy atom. The van der Waals surface area contributed by atoms with Crippen molar-refractivity contribution in [1.29, 1.82) is 0 Å². The standard InChI is InChI=1S/C11H16N2O2/c1-7-4-8(13-15-7)6-12-10(14)9-5-11(9,2)3/h4,9H,5-6H2,1-3H3,(H,12,14). The summed E-state index contributed by atoms with van der Waals surface area (Å²) in [5, 5.41) is 6.68. The Balaban J connectivity index is 1.82. The molecular formula is C11H16N2O2. The van der Waals surface area contributed by atoms with Crippen molar-refractivity contribution < 1.29 is 9.32 Å². The zero-order valence-corrected chi connectivity index (χ0v) is 9.33. The molecule has 0 bridgehead atoms. The summed E-state index contributed by atoms with van der Waals surface area (Å²) in [7, 11) is 0. The third-order valence-electron chi connectivity index (χ3n) is 2.95. The van der Waals surface area contributed by atoms with Crippen LogP contribution in [-0.4, -0.2) is 11.1 Å². The van der Waals surface area contributed by atoms with E-state index >= 15 is 0 Å². The van der Waals surface area contributed by atoms with E-state index in [1.54, 1.807) is 0 Å². The second-order valence-electron chi connectivity index (χ2n) is 4.89. The molecule has 1 unspecified atom stereocenters. The second-order valence-corrected chi connectivity index (χ2v) is 4.89. The summed E-state index contributed by atoms with van der Waals surface area (Å²) in [5.74, 6) is 1.07. The molecule has 1 aliphatic rings. The zero-order chi connectivity index (χ0) is 11.1. The molecule has 1 saturated carbocycles. The maximum Gasteiger partial charge on any atom is 0.223 e. The SMILES string of the molecule is Cc1cc(CNC(=O)C2CC2(C)C)no1. The fourth-order valence-corrected chi connectivity index (χ4v) is 1.72. The van der Waals surface area contributed by atoms with Gasteiger partial charge >= 0.3 is 0 Å². The van der Waals surface area contributed by atoms with Crippen LogP contribution in [0, 0.1) is 18.3 Å². The first-order valence-corrected chi connectivity index (χ1v) is 5.19. The number of rotatable bonds is 3. The van der Waals surface area contributed by atoms with E-state index in [4.69, 9.17) is 4.52 Å². The molecule has 0 aliphatic heterocycles. The lowest BCUT2D eigenvalue weighted by atomic mass is 10.1. The Labute approximate surface area is 89.0 Å². The first-order valence-electron chi connectivity index (χ1n) is 5.19. The number of carbonyl (C=O) groups is 1. The summed E-state index contributed by atoms with van der Waals surface area (Å²) in [6.07, 6.45) is 0.983. The number of hydrogen-bond acceptors (Lipinski definition) is 3. The highest BCUT2D eigenvalue weighted by Crippen LogP contribution is 2.51. The smallest absolute Gasteiger partial charge is 0.223 e. The van der Waals surface area contributed by atoms with Crippen LogP contribution < -0.4 is 5.32 Å². The lowest BCUT2D eigenvalue weighted by molar-refractivity contribution is -0.123. The summed E-state index contributed by atoms with van der Waals surface area (Å²) in [6.45, 7) is 6.51. The number of carbonyl (C=O) groups excluding carboxylic acids is 1. The predicted molar refractivity (Wildman–Crippen MR) is 55.0 cm³/mol. The van der Waals surface area contributed by atoms with E-state index in [1.165, 1.54) is 0 Å². The molecule has 1 aromatic rings. The van der Waals surface area contributed by atoms with Crippen LogP contribution in [0.25, 0.3) is 0 Å². The summed E-state index contributed by atoms with van der Waals surface area (Å²) >= 11 is 0. The fraction of sp³-hybridized carbons (Fsp3) is 0.636. The van der Waals surface area contributed by atoms with Gasteiger partial charge in [0.2, 0.25) is 5.91 Å². The van der Waals surface area contributed by atoms with Crippen molar-refractivity contribution in [3.63, 3.8) is 0 Å². The first-order chi connectivity index (χ1) is 6.99. The average molecular weight is 208 g/mol. The number of hydrogen-bond donors (Lipinski definition) is 1. The van der Waals surface area contributed by atoms with Crippen LogP contribution in [0.1, 0.15) is 31.7 Å². The van der Waals surface area contributed by atoms with Crippen molar-refractivity contribution in [2.45, 2.75) is 33.7 Å². The molecule has 1 amide bonds. The lowest BCUT2D eigenvalue weighted by Gasteiger charge is -2.03. The van der Waals surface area contributed by atoms with Crippen molar-refractivity contribution in [3.05, 3.63) is 17.5 Å². The Kier molecular flexibility index (Phi) is 2.29. The minimum absolute atomic E-state index is 0.126. The molecule has 1 aromatic heterocycles. The molecule has 0 saturated heterocycles. The van der Waals surface area contributed by atoms with Crippen molar-refractivity contribution in [1.82, 2.24) is 10.5 Å². The van der Waals surface area contributed by atoms with Gasteiger partial charge in [-0.2, -0.15) is 0 Å². The predicted octanol–water partition coefficient (Wildman–Crippen LogP) is 1.65. The highest BCUT2D eigenvalue weighted by Gasteiger charge is 2.50. The Morgan fingerprint density at radius 3 is 2.87 bits per heavy atom. The Morgan fingerprint density at radius 1 is 1.73 bits per heavy atom. The minimum atomic E-state index is 0.126. The van der Waals surface area contributed by atoms with Crippen molar-refractivity contribution in [2.24, 2.45) is 11.3 Å². The third kappa shape index (κ3) is 2.19. The number of aryl methyl sites for hydroxylation is 1. The molecule has 0 spiro atoms. The van der Waals surface area contributed by atoms with Crippen LogP contribution in [0.2, 0.25) is 0 Å². The molecule has 1 heterocycles. The van der Waals surface area contributed by atoms with E-state index in [2.05, 4.69) is 24.3 Å². The summed E-state index contributed by atoms with van der Waals surface area (Å²) in [5.41, 5.74) is 0.961. The molecule has 4 heteroatoms. The van der Waals surface area contributed by atoms with Crippen LogP contribution in [-0.2, 0) is 11.3 Å². The largest absolute Gasteiger partial charge is 0.361 e. The van der Waals surface area contributed by atoms with Crippen LogP contribution in [0.4, 0.5) is 0 Å². The van der Waals surface area contributed by atoms with Crippen molar-refractivity contribution in [3.8, 4) is 0 Å².